The summed E-state index contributed by atoms with van der Waals surface area (Å²) < 4.78 is 39.5. The molecule has 2 atom stereocenters. The van der Waals surface area contributed by atoms with Crippen LogP contribution in [0.25, 0.3) is 0 Å². The number of alkyl halides is 1. The molecule has 0 fully saturated rings. The van der Waals surface area contributed by atoms with Gasteiger partial charge in [0.2, 0.25) is 0 Å². The Balaban J connectivity index is 2.10. The molecule has 0 aliphatic carbocycles. The molecule has 4 nitrogen and oxygen atoms in total. The van der Waals surface area contributed by atoms with Crippen LogP contribution < -0.4 is 10.4 Å². The Bertz CT molecular complexity index is 1110. The Morgan fingerprint density at radius 2 is 1.36 bits per heavy atom. The Kier molecular flexibility index (Phi) is 8.92. The SMILES string of the molecule is COC(=O)C(F)C(=O)CCC(O[Si](c1ccccc1)(c1ccccc1)C(C)(C)C)c1ccc(F)cc1. The number of carbonyl (C=O) groups is 2. The maximum absolute atomic E-state index is 14.2. The van der Waals surface area contributed by atoms with Crippen molar-refractivity contribution in [1.29, 1.82) is 0 Å². The number of hydrogen-bond donors (Lipinski definition) is 0. The molecule has 0 saturated carbocycles. The van der Waals surface area contributed by atoms with Gasteiger partial charge in [0.25, 0.3) is 14.5 Å². The third-order valence-electron chi connectivity index (χ3n) is 6.32. The highest BCUT2D eigenvalue weighted by molar-refractivity contribution is 6.99. The number of ketones is 1. The Morgan fingerprint density at radius 1 is 0.861 bits per heavy atom. The van der Waals surface area contributed by atoms with E-state index in [2.05, 4.69) is 25.5 Å². The third kappa shape index (κ3) is 5.97. The molecule has 3 aromatic rings. The smallest absolute Gasteiger partial charge is 0.348 e. The average Bonchev–Trinajstić information content (AvgIpc) is 2.88. The second kappa shape index (κ2) is 11.7. The quantitative estimate of drug-likeness (QED) is 0.211. The normalized spacial score (nSPS) is 13.6. The molecular weight excluding hydrogens is 478 g/mol. The van der Waals surface area contributed by atoms with Crippen LogP contribution in [-0.2, 0) is 18.8 Å². The molecular formula is C29H32F2O4Si. The minimum absolute atomic E-state index is 0.117. The van der Waals surface area contributed by atoms with E-state index in [0.29, 0.717) is 5.56 Å². The van der Waals surface area contributed by atoms with Gasteiger partial charge in [-0.2, -0.15) is 0 Å². The second-order valence-electron chi connectivity index (χ2n) is 9.71. The molecule has 7 heteroatoms. The van der Waals surface area contributed by atoms with E-state index in [9.17, 15) is 18.4 Å². The van der Waals surface area contributed by atoms with E-state index < -0.39 is 38.2 Å². The van der Waals surface area contributed by atoms with Crippen molar-refractivity contribution < 1.29 is 27.5 Å². The van der Waals surface area contributed by atoms with Gasteiger partial charge in [0.05, 0.1) is 13.2 Å². The van der Waals surface area contributed by atoms with Crippen LogP contribution in [0.3, 0.4) is 0 Å². The standard InChI is InChI=1S/C29H32F2O4Si/c1-29(2,3)36(23-11-7-5-8-12-23,24-13-9-6-10-14-24)35-26(21-15-17-22(30)18-16-21)20-19-25(32)27(31)28(33)34-4/h5-18,26-27H,19-20H2,1-4H3. The molecule has 36 heavy (non-hydrogen) atoms. The number of hydrogen-bond acceptors (Lipinski definition) is 4. The molecule has 0 amide bonds. The molecule has 190 valence electrons. The van der Waals surface area contributed by atoms with Crippen LogP contribution in [0.5, 0.6) is 0 Å². The van der Waals surface area contributed by atoms with Crippen molar-refractivity contribution in [2.75, 3.05) is 7.11 Å². The molecule has 3 rings (SSSR count). The van der Waals surface area contributed by atoms with Gasteiger partial charge in [0, 0.05) is 6.42 Å². The van der Waals surface area contributed by atoms with Crippen molar-refractivity contribution in [2.45, 2.75) is 50.9 Å². The molecule has 0 spiro atoms. The molecule has 0 bridgehead atoms. The lowest BCUT2D eigenvalue weighted by Gasteiger charge is -2.45. The minimum atomic E-state index is -3.03. The lowest BCUT2D eigenvalue weighted by atomic mass is 10.0. The number of rotatable bonds is 10. The van der Waals surface area contributed by atoms with Crippen LogP contribution >= 0.6 is 0 Å². The molecule has 3 aromatic carbocycles. The van der Waals surface area contributed by atoms with E-state index in [1.165, 1.54) is 12.1 Å². The molecule has 0 saturated heterocycles. The largest absolute Gasteiger partial charge is 0.467 e. The summed E-state index contributed by atoms with van der Waals surface area (Å²) in [5.74, 6) is -2.49. The predicted molar refractivity (Wildman–Crippen MR) is 139 cm³/mol. The first-order chi connectivity index (χ1) is 17.1. The summed E-state index contributed by atoms with van der Waals surface area (Å²) in [5, 5.41) is 1.74. The van der Waals surface area contributed by atoms with Gasteiger partial charge in [-0.1, -0.05) is 93.6 Å². The Hall–Kier alpha value is -3.16. The fraction of sp³-hybridized carbons (Fsp3) is 0.310. The topological polar surface area (TPSA) is 52.6 Å². The van der Waals surface area contributed by atoms with Gasteiger partial charge in [0.1, 0.15) is 5.82 Å². The van der Waals surface area contributed by atoms with Gasteiger partial charge in [-0.25, -0.2) is 13.6 Å². The molecule has 0 radical (unpaired) electrons. The van der Waals surface area contributed by atoms with Crippen molar-refractivity contribution in [3.63, 3.8) is 0 Å². The zero-order valence-electron chi connectivity index (χ0n) is 21.0. The summed E-state index contributed by atoms with van der Waals surface area (Å²) in [4.78, 5) is 24.0. The number of carbonyl (C=O) groups excluding carboxylic acids is 2. The van der Waals surface area contributed by atoms with Gasteiger partial charge in [-0.15, -0.1) is 0 Å². The van der Waals surface area contributed by atoms with Gasteiger partial charge in [0.15, 0.2) is 5.78 Å². The average molecular weight is 511 g/mol. The first-order valence-corrected chi connectivity index (χ1v) is 13.8. The van der Waals surface area contributed by atoms with Crippen LogP contribution in [0.1, 0.15) is 45.3 Å². The number of benzene rings is 3. The first-order valence-electron chi connectivity index (χ1n) is 11.9. The number of ether oxygens (including phenoxy) is 1. The summed E-state index contributed by atoms with van der Waals surface area (Å²) in [7, 11) is -1.99. The van der Waals surface area contributed by atoms with Gasteiger partial charge in [-0.3, -0.25) is 4.79 Å². The summed E-state index contributed by atoms with van der Waals surface area (Å²) >= 11 is 0. The van der Waals surface area contributed by atoms with Crippen LogP contribution in [0, 0.1) is 5.82 Å². The van der Waals surface area contributed by atoms with E-state index in [4.69, 9.17) is 4.43 Å². The lowest BCUT2D eigenvalue weighted by Crippen LogP contribution is -2.66. The van der Waals surface area contributed by atoms with E-state index in [0.717, 1.165) is 17.5 Å². The molecule has 0 aromatic heterocycles. The predicted octanol–water partition coefficient (Wildman–Crippen LogP) is 5.30. The van der Waals surface area contributed by atoms with Gasteiger partial charge < -0.3 is 9.16 Å². The number of esters is 1. The van der Waals surface area contributed by atoms with Crippen molar-refractivity contribution in [3.8, 4) is 0 Å². The summed E-state index contributed by atoms with van der Waals surface area (Å²) in [6.07, 6.45) is -3.12. The zero-order chi connectivity index (χ0) is 26.3. The van der Waals surface area contributed by atoms with Gasteiger partial charge in [-0.05, 0) is 39.5 Å². The maximum Gasteiger partial charge on any atom is 0.348 e. The summed E-state index contributed by atoms with van der Waals surface area (Å²) in [5.41, 5.74) is 0.672. The van der Waals surface area contributed by atoms with Crippen molar-refractivity contribution in [1.82, 2.24) is 0 Å². The Labute approximate surface area is 212 Å². The molecule has 2 unspecified atom stereocenters. The van der Waals surface area contributed by atoms with Gasteiger partial charge >= 0.3 is 5.97 Å². The maximum atomic E-state index is 14.2. The molecule has 0 aliphatic rings. The Morgan fingerprint density at radius 3 is 1.81 bits per heavy atom. The first kappa shape index (κ1) is 27.4. The van der Waals surface area contributed by atoms with E-state index >= 15 is 0 Å². The molecule has 0 aliphatic heterocycles. The van der Waals surface area contributed by atoms with Crippen molar-refractivity contribution in [3.05, 3.63) is 96.3 Å². The number of halogens is 2. The summed E-state index contributed by atoms with van der Waals surface area (Å²) in [6.45, 7) is 6.38. The second-order valence-corrected chi connectivity index (χ2v) is 14.0. The van der Waals surface area contributed by atoms with Crippen LogP contribution in [0.15, 0.2) is 84.9 Å². The van der Waals surface area contributed by atoms with Crippen molar-refractivity contribution in [2.24, 2.45) is 0 Å². The van der Waals surface area contributed by atoms with E-state index in [-0.39, 0.29) is 17.9 Å². The van der Waals surface area contributed by atoms with Crippen LogP contribution in [-0.4, -0.2) is 33.4 Å². The van der Waals surface area contributed by atoms with E-state index in [1.54, 1.807) is 12.1 Å². The highest BCUT2D eigenvalue weighted by Gasteiger charge is 2.51. The molecule has 0 heterocycles. The highest BCUT2D eigenvalue weighted by Crippen LogP contribution is 2.41. The van der Waals surface area contributed by atoms with Crippen molar-refractivity contribution >= 4 is 30.4 Å². The lowest BCUT2D eigenvalue weighted by molar-refractivity contribution is -0.150. The number of methoxy groups -OCH3 is 1. The van der Waals surface area contributed by atoms with Crippen LogP contribution in [0.4, 0.5) is 8.78 Å². The number of Topliss-reactive ketones (excluding diaryl/α,β-unsaturated/α-hetero) is 1. The zero-order valence-corrected chi connectivity index (χ0v) is 22.0. The summed E-state index contributed by atoms with van der Waals surface area (Å²) in [6, 6.07) is 25.9. The third-order valence-corrected chi connectivity index (χ3v) is 11.4. The monoisotopic (exact) mass is 510 g/mol. The van der Waals surface area contributed by atoms with E-state index in [1.807, 2.05) is 60.7 Å². The highest BCUT2D eigenvalue weighted by atomic mass is 28.4. The molecule has 0 N–H and O–H groups in total. The fourth-order valence-corrected chi connectivity index (χ4v) is 9.21. The fourth-order valence-electron chi connectivity index (χ4n) is 4.51. The van der Waals surface area contributed by atoms with Crippen LogP contribution in [0.2, 0.25) is 5.04 Å². The minimum Gasteiger partial charge on any atom is -0.467 e.